The van der Waals surface area contributed by atoms with E-state index in [1.54, 1.807) is 14.2 Å². The number of benzene rings is 2. The highest BCUT2D eigenvalue weighted by Crippen LogP contribution is 2.42. The van der Waals surface area contributed by atoms with E-state index in [1.165, 1.54) is 11.1 Å². The molecule has 33 heavy (non-hydrogen) atoms. The minimum atomic E-state index is -1.82. The number of hydrogen-bond acceptors (Lipinski definition) is 8. The predicted molar refractivity (Wildman–Crippen MR) is 118 cm³/mol. The molecule has 2 aliphatic heterocycles. The Morgan fingerprint density at radius 1 is 0.879 bits per heavy atom. The Bertz CT molecular complexity index is 961. The van der Waals surface area contributed by atoms with Crippen molar-refractivity contribution >= 4 is 11.9 Å². The largest absolute Gasteiger partial charge is 0.497 e. The molecule has 10 heteroatoms. The molecule has 2 aromatic rings. The fourth-order valence-electron chi connectivity index (χ4n) is 3.67. The van der Waals surface area contributed by atoms with E-state index < -0.39 is 11.9 Å². The molecular weight excluding hydrogens is 432 g/mol. The van der Waals surface area contributed by atoms with Crippen LogP contribution in [0.1, 0.15) is 11.1 Å². The van der Waals surface area contributed by atoms with Gasteiger partial charge in [-0.15, -0.1) is 0 Å². The third kappa shape index (κ3) is 6.74. The number of methoxy groups -OCH3 is 2. The summed E-state index contributed by atoms with van der Waals surface area (Å²) in [5, 5.41) is 14.8. The van der Waals surface area contributed by atoms with Crippen LogP contribution in [0.2, 0.25) is 0 Å². The summed E-state index contributed by atoms with van der Waals surface area (Å²) in [6.45, 7) is 6.31. The minimum Gasteiger partial charge on any atom is -0.497 e. The van der Waals surface area contributed by atoms with Gasteiger partial charge in [0.25, 0.3) is 0 Å². The zero-order valence-corrected chi connectivity index (χ0v) is 18.7. The van der Waals surface area contributed by atoms with Gasteiger partial charge in [0, 0.05) is 39.3 Å². The maximum absolute atomic E-state index is 9.10. The highest BCUT2D eigenvalue weighted by Gasteiger charge is 2.22. The second-order valence-corrected chi connectivity index (χ2v) is 7.55. The minimum absolute atomic E-state index is 0.262. The Labute approximate surface area is 191 Å². The van der Waals surface area contributed by atoms with E-state index >= 15 is 0 Å². The Kier molecular flexibility index (Phi) is 8.34. The van der Waals surface area contributed by atoms with Crippen LogP contribution in [0, 0.1) is 0 Å². The number of carboxylic acid groups (broad SMARTS) is 2. The maximum atomic E-state index is 9.10. The average molecular weight is 460 g/mol. The number of carbonyl (C=O) groups is 2. The topological polar surface area (TPSA) is 118 Å². The van der Waals surface area contributed by atoms with Crippen LogP contribution >= 0.6 is 0 Å². The van der Waals surface area contributed by atoms with E-state index in [0.29, 0.717) is 5.75 Å². The molecule has 2 heterocycles. The van der Waals surface area contributed by atoms with Crippen LogP contribution in [0.25, 0.3) is 0 Å². The van der Waals surface area contributed by atoms with E-state index in [0.717, 1.165) is 56.5 Å². The number of ether oxygens (including phenoxy) is 4. The van der Waals surface area contributed by atoms with Crippen LogP contribution in [0.4, 0.5) is 0 Å². The number of fused-ring (bicyclic) bond motifs is 1. The molecule has 0 bridgehead atoms. The van der Waals surface area contributed by atoms with Gasteiger partial charge < -0.3 is 29.2 Å². The second kappa shape index (κ2) is 11.4. The Balaban J connectivity index is 0.000000454. The molecule has 2 aromatic carbocycles. The van der Waals surface area contributed by atoms with Crippen molar-refractivity contribution in [3.63, 3.8) is 0 Å². The normalized spacial score (nSPS) is 15.3. The van der Waals surface area contributed by atoms with Crippen LogP contribution < -0.4 is 18.9 Å². The molecule has 0 spiro atoms. The van der Waals surface area contributed by atoms with Crippen molar-refractivity contribution in [1.29, 1.82) is 0 Å². The lowest BCUT2D eigenvalue weighted by molar-refractivity contribution is -0.159. The number of carboxylic acids is 2. The molecule has 0 aromatic heterocycles. The summed E-state index contributed by atoms with van der Waals surface area (Å²) in [7, 11) is 3.38. The fraction of sp³-hybridized carbons (Fsp3) is 0.391. The smallest absolute Gasteiger partial charge is 0.414 e. The Morgan fingerprint density at radius 3 is 2.09 bits per heavy atom. The summed E-state index contributed by atoms with van der Waals surface area (Å²) in [4.78, 5) is 23.2. The Hall–Kier alpha value is -3.50. The van der Waals surface area contributed by atoms with E-state index in [2.05, 4.69) is 40.1 Å². The summed E-state index contributed by atoms with van der Waals surface area (Å²) < 4.78 is 21.8. The first-order valence-corrected chi connectivity index (χ1v) is 10.4. The molecule has 1 saturated heterocycles. The van der Waals surface area contributed by atoms with Crippen molar-refractivity contribution in [2.75, 3.05) is 47.2 Å². The summed E-state index contributed by atoms with van der Waals surface area (Å²) in [5.41, 5.74) is 2.49. The number of rotatable bonds is 6. The first kappa shape index (κ1) is 24.1. The molecule has 0 atom stereocenters. The van der Waals surface area contributed by atoms with Gasteiger partial charge in [-0.2, -0.15) is 0 Å². The van der Waals surface area contributed by atoms with Gasteiger partial charge in [-0.3, -0.25) is 9.80 Å². The first-order chi connectivity index (χ1) is 15.9. The zero-order valence-electron chi connectivity index (χ0n) is 18.7. The molecule has 2 aliphatic rings. The number of piperazine rings is 1. The summed E-state index contributed by atoms with van der Waals surface area (Å²) in [6.07, 6.45) is 0. The van der Waals surface area contributed by atoms with Gasteiger partial charge in [-0.05, 0) is 35.4 Å². The highest BCUT2D eigenvalue weighted by atomic mass is 16.7. The van der Waals surface area contributed by atoms with Gasteiger partial charge in [-0.1, -0.05) is 12.1 Å². The highest BCUT2D eigenvalue weighted by molar-refractivity contribution is 6.27. The third-order valence-electron chi connectivity index (χ3n) is 5.31. The van der Waals surface area contributed by atoms with Crippen molar-refractivity contribution in [3.8, 4) is 23.0 Å². The van der Waals surface area contributed by atoms with E-state index in [-0.39, 0.29) is 6.79 Å². The van der Waals surface area contributed by atoms with Gasteiger partial charge in [-0.25, -0.2) is 9.59 Å². The summed E-state index contributed by atoms with van der Waals surface area (Å²) in [6, 6.07) is 12.4. The molecule has 1 fully saturated rings. The lowest BCUT2D eigenvalue weighted by Gasteiger charge is -2.34. The van der Waals surface area contributed by atoms with E-state index in [9.17, 15) is 0 Å². The first-order valence-electron chi connectivity index (χ1n) is 10.4. The van der Waals surface area contributed by atoms with Gasteiger partial charge in [0.15, 0.2) is 11.5 Å². The van der Waals surface area contributed by atoms with Crippen LogP contribution in [-0.4, -0.2) is 79.1 Å². The van der Waals surface area contributed by atoms with Gasteiger partial charge in [0.2, 0.25) is 12.5 Å². The van der Waals surface area contributed by atoms with Crippen molar-refractivity contribution in [2.24, 2.45) is 0 Å². The standard InChI is InChI=1S/C21H26N2O4.C2H2O4/c1-24-18-5-3-4-16(10-18)13-22-6-8-23(9-7-22)14-17-11-19(25-2)21-20(12-17)26-15-27-21;3-1(4)2(5)6/h3-5,10-12H,6-9,13-15H2,1-2H3;(H,3,4)(H,5,6). The SMILES string of the molecule is COc1cccc(CN2CCN(Cc3cc(OC)c4c(c3)OCO4)CC2)c1.O=C(O)C(=O)O. The molecule has 0 radical (unpaired) electrons. The van der Waals surface area contributed by atoms with E-state index in [4.69, 9.17) is 38.7 Å². The number of nitrogens with zero attached hydrogens (tertiary/aromatic N) is 2. The molecule has 2 N–H and O–H groups in total. The zero-order chi connectivity index (χ0) is 23.8. The lowest BCUT2D eigenvalue weighted by atomic mass is 10.1. The van der Waals surface area contributed by atoms with Crippen LogP contribution in [0.5, 0.6) is 23.0 Å². The van der Waals surface area contributed by atoms with Crippen molar-refractivity contribution in [1.82, 2.24) is 9.80 Å². The predicted octanol–water partition coefficient (Wildman–Crippen LogP) is 1.91. The molecular formula is C23H28N2O8. The van der Waals surface area contributed by atoms with E-state index in [1.807, 2.05) is 6.07 Å². The van der Waals surface area contributed by atoms with Gasteiger partial charge in [0.05, 0.1) is 14.2 Å². The maximum Gasteiger partial charge on any atom is 0.414 e. The van der Waals surface area contributed by atoms with Gasteiger partial charge in [0.1, 0.15) is 5.75 Å². The molecule has 178 valence electrons. The second-order valence-electron chi connectivity index (χ2n) is 7.55. The molecule has 0 amide bonds. The Morgan fingerprint density at radius 2 is 1.52 bits per heavy atom. The molecule has 10 nitrogen and oxygen atoms in total. The molecule has 4 rings (SSSR count). The molecule has 0 aliphatic carbocycles. The summed E-state index contributed by atoms with van der Waals surface area (Å²) >= 11 is 0. The number of aliphatic carboxylic acids is 2. The van der Waals surface area contributed by atoms with Crippen LogP contribution in [0.3, 0.4) is 0 Å². The van der Waals surface area contributed by atoms with Crippen LogP contribution in [0.15, 0.2) is 36.4 Å². The molecule has 0 saturated carbocycles. The fourth-order valence-corrected chi connectivity index (χ4v) is 3.67. The quantitative estimate of drug-likeness (QED) is 0.619. The lowest BCUT2D eigenvalue weighted by Crippen LogP contribution is -2.45. The van der Waals surface area contributed by atoms with Crippen LogP contribution in [-0.2, 0) is 22.7 Å². The van der Waals surface area contributed by atoms with Crippen molar-refractivity contribution in [3.05, 3.63) is 47.5 Å². The monoisotopic (exact) mass is 460 g/mol. The van der Waals surface area contributed by atoms with Crippen molar-refractivity contribution in [2.45, 2.75) is 13.1 Å². The summed E-state index contributed by atoms with van der Waals surface area (Å²) in [5.74, 6) is -0.491. The van der Waals surface area contributed by atoms with Gasteiger partial charge >= 0.3 is 11.9 Å². The number of hydrogen-bond donors (Lipinski definition) is 2. The average Bonchev–Trinajstić information content (AvgIpc) is 3.29. The molecule has 0 unspecified atom stereocenters. The van der Waals surface area contributed by atoms with Crippen molar-refractivity contribution < 1.29 is 38.7 Å². The third-order valence-corrected chi connectivity index (χ3v) is 5.31.